The summed E-state index contributed by atoms with van der Waals surface area (Å²) in [6.07, 6.45) is -1.64. The first-order valence-electron chi connectivity index (χ1n) is 6.21. The number of aromatic nitrogens is 3. The highest BCUT2D eigenvalue weighted by Crippen LogP contribution is 2.30. The molecule has 1 amide bonds. The molecule has 0 aliphatic rings. The van der Waals surface area contributed by atoms with Gasteiger partial charge >= 0.3 is 5.69 Å². The van der Waals surface area contributed by atoms with Gasteiger partial charge in [-0.2, -0.15) is 5.10 Å². The highest BCUT2D eigenvalue weighted by molar-refractivity contribution is 9.10. The van der Waals surface area contributed by atoms with E-state index in [0.29, 0.717) is 0 Å². The molecule has 2 rings (SSSR count). The molecule has 0 aliphatic heterocycles. The van der Waals surface area contributed by atoms with Crippen molar-refractivity contribution in [3.05, 3.63) is 44.3 Å². The number of hydrogen-bond donors (Lipinski definition) is 1. The smallest absolute Gasteiger partial charge is 0.309 e. The average molecular weight is 390 g/mol. The molecular formula is C12H10BrF2N5O3. The third-order valence-electron chi connectivity index (χ3n) is 2.88. The van der Waals surface area contributed by atoms with Crippen LogP contribution in [-0.4, -0.2) is 25.6 Å². The molecule has 0 fully saturated rings. The van der Waals surface area contributed by atoms with Crippen molar-refractivity contribution in [2.75, 3.05) is 5.32 Å². The highest BCUT2D eigenvalue weighted by atomic mass is 79.9. The Morgan fingerprint density at radius 3 is 2.70 bits per heavy atom. The third kappa shape index (κ3) is 3.86. The summed E-state index contributed by atoms with van der Waals surface area (Å²) in [4.78, 5) is 25.8. The lowest BCUT2D eigenvalue weighted by Crippen LogP contribution is -2.21. The van der Waals surface area contributed by atoms with Crippen LogP contribution in [0.25, 0.3) is 0 Å². The molecule has 0 saturated heterocycles. The van der Waals surface area contributed by atoms with Crippen LogP contribution in [0.2, 0.25) is 0 Å². The summed E-state index contributed by atoms with van der Waals surface area (Å²) >= 11 is 3.19. The van der Waals surface area contributed by atoms with Gasteiger partial charge < -0.3 is 5.32 Å². The zero-order valence-corrected chi connectivity index (χ0v) is 13.2. The Hall–Kier alpha value is -2.43. The largest absolute Gasteiger partial charge is 0.319 e. The molecule has 1 N–H and O–H groups in total. The molecule has 0 bridgehead atoms. The number of carbonyl (C=O) groups is 1. The fourth-order valence-electron chi connectivity index (χ4n) is 1.85. The summed E-state index contributed by atoms with van der Waals surface area (Å²) in [5.74, 6) is -0.340. The van der Waals surface area contributed by atoms with E-state index >= 15 is 0 Å². The quantitative estimate of drug-likeness (QED) is 0.625. The van der Waals surface area contributed by atoms with Crippen molar-refractivity contribution in [2.45, 2.75) is 19.9 Å². The van der Waals surface area contributed by atoms with Crippen LogP contribution >= 0.6 is 15.9 Å². The molecule has 122 valence electrons. The summed E-state index contributed by atoms with van der Waals surface area (Å²) in [5.41, 5.74) is -1.86. The Kier molecular flexibility index (Phi) is 4.98. The lowest BCUT2D eigenvalue weighted by molar-refractivity contribution is -0.386. The Labute approximate surface area is 136 Å². The summed E-state index contributed by atoms with van der Waals surface area (Å²) in [6.45, 7) is 0.805. The first-order valence-corrected chi connectivity index (χ1v) is 7.00. The van der Waals surface area contributed by atoms with Crippen LogP contribution in [0.3, 0.4) is 0 Å². The molecule has 23 heavy (non-hydrogen) atoms. The van der Waals surface area contributed by atoms with Crippen LogP contribution in [0.5, 0.6) is 0 Å². The summed E-state index contributed by atoms with van der Waals surface area (Å²) < 4.78 is 27.2. The summed E-state index contributed by atoms with van der Waals surface area (Å²) in [5, 5.41) is 16.8. The summed E-state index contributed by atoms with van der Waals surface area (Å²) in [6, 6.07) is 3.19. The van der Waals surface area contributed by atoms with Crippen LogP contribution in [0.15, 0.2) is 22.8 Å². The second-order valence-corrected chi connectivity index (χ2v) is 5.36. The van der Waals surface area contributed by atoms with Crippen molar-refractivity contribution in [3.63, 3.8) is 0 Å². The van der Waals surface area contributed by atoms with E-state index in [2.05, 4.69) is 31.3 Å². The number of carbonyl (C=O) groups excluding carboxylic acids is 1. The van der Waals surface area contributed by atoms with Crippen molar-refractivity contribution < 1.29 is 18.5 Å². The molecule has 2 heterocycles. The minimum atomic E-state index is -3.11. The molecule has 8 nitrogen and oxygen atoms in total. The third-order valence-corrected chi connectivity index (χ3v) is 3.35. The lowest BCUT2D eigenvalue weighted by Gasteiger charge is -2.05. The van der Waals surface area contributed by atoms with E-state index in [1.54, 1.807) is 6.07 Å². The Bertz CT molecular complexity index is 748. The number of pyridine rings is 1. The maximum Gasteiger partial charge on any atom is 0.319 e. The van der Waals surface area contributed by atoms with E-state index in [9.17, 15) is 23.7 Å². The molecule has 0 atom stereocenters. The van der Waals surface area contributed by atoms with Crippen LogP contribution in [0.1, 0.15) is 17.8 Å². The van der Waals surface area contributed by atoms with Crippen molar-refractivity contribution in [1.82, 2.24) is 14.8 Å². The van der Waals surface area contributed by atoms with Gasteiger partial charge in [0.15, 0.2) is 0 Å². The first kappa shape index (κ1) is 16.9. The van der Waals surface area contributed by atoms with Gasteiger partial charge in [-0.25, -0.2) is 13.8 Å². The number of rotatable bonds is 5. The van der Waals surface area contributed by atoms with Gasteiger partial charge in [0.05, 0.1) is 4.92 Å². The highest BCUT2D eigenvalue weighted by Gasteiger charge is 2.31. The number of nitrogens with zero attached hydrogens (tertiary/aromatic N) is 4. The van der Waals surface area contributed by atoms with Crippen molar-refractivity contribution in [3.8, 4) is 0 Å². The van der Waals surface area contributed by atoms with Crippen LogP contribution < -0.4 is 5.32 Å². The average Bonchev–Trinajstić information content (AvgIpc) is 2.79. The molecule has 11 heteroatoms. The number of nitrogens with one attached hydrogen (secondary N) is 1. The number of amides is 1. The fraction of sp³-hybridized carbons (Fsp3) is 0.250. The second-order valence-electron chi connectivity index (χ2n) is 4.44. The number of alkyl halides is 2. The summed E-state index contributed by atoms with van der Waals surface area (Å²) in [7, 11) is 0. The lowest BCUT2D eigenvalue weighted by atomic mass is 10.3. The Morgan fingerprint density at radius 1 is 1.52 bits per heavy atom. The molecule has 0 aromatic carbocycles. The van der Waals surface area contributed by atoms with E-state index in [-0.39, 0.29) is 11.5 Å². The maximum absolute atomic E-state index is 12.8. The Balaban J connectivity index is 2.19. The van der Waals surface area contributed by atoms with Gasteiger partial charge in [0, 0.05) is 10.7 Å². The monoisotopic (exact) mass is 389 g/mol. The van der Waals surface area contributed by atoms with Gasteiger partial charge in [-0.3, -0.25) is 19.6 Å². The van der Waals surface area contributed by atoms with E-state index < -0.39 is 35.2 Å². The minimum absolute atomic E-state index is 0.121. The number of anilines is 1. The van der Waals surface area contributed by atoms with Gasteiger partial charge in [0.2, 0.25) is 11.6 Å². The van der Waals surface area contributed by atoms with Crippen molar-refractivity contribution in [1.29, 1.82) is 0 Å². The van der Waals surface area contributed by atoms with Crippen LogP contribution in [0.4, 0.5) is 20.3 Å². The molecule has 0 saturated carbocycles. The molecule has 2 aromatic heterocycles. The molecule has 0 unspecified atom stereocenters. The maximum atomic E-state index is 12.8. The standard InChI is InChI=1S/C12H10BrF2N5O3/c1-6-11(20(22)23)10(12(14)15)18-19(6)5-9(21)17-8-3-2-7(13)4-16-8/h2-4,12H,5H2,1H3,(H,16,17,21). The van der Waals surface area contributed by atoms with E-state index in [4.69, 9.17) is 0 Å². The zero-order valence-electron chi connectivity index (χ0n) is 11.7. The van der Waals surface area contributed by atoms with Gasteiger partial charge in [-0.1, -0.05) is 0 Å². The molecule has 0 radical (unpaired) electrons. The SMILES string of the molecule is Cc1c([N+](=O)[O-])c(C(F)F)nn1CC(=O)Nc1ccc(Br)cn1. The number of nitro groups is 1. The van der Waals surface area contributed by atoms with E-state index in [0.717, 1.165) is 9.15 Å². The molecule has 0 aliphatic carbocycles. The second kappa shape index (κ2) is 6.77. The minimum Gasteiger partial charge on any atom is -0.309 e. The van der Waals surface area contributed by atoms with E-state index in [1.165, 1.54) is 19.2 Å². The van der Waals surface area contributed by atoms with Crippen LogP contribution in [-0.2, 0) is 11.3 Å². The van der Waals surface area contributed by atoms with Gasteiger partial charge in [-0.05, 0) is 35.0 Å². The molecular weight excluding hydrogens is 380 g/mol. The van der Waals surface area contributed by atoms with Crippen LogP contribution in [0, 0.1) is 17.0 Å². The predicted octanol–water partition coefficient (Wildman–Crippen LogP) is 2.83. The Morgan fingerprint density at radius 2 is 2.22 bits per heavy atom. The predicted molar refractivity (Wildman–Crippen MR) is 79.1 cm³/mol. The van der Waals surface area contributed by atoms with Gasteiger partial charge in [0.1, 0.15) is 18.1 Å². The normalized spacial score (nSPS) is 10.8. The van der Waals surface area contributed by atoms with Gasteiger partial charge in [0.25, 0.3) is 6.43 Å². The molecule has 0 spiro atoms. The van der Waals surface area contributed by atoms with Crippen molar-refractivity contribution >= 4 is 33.3 Å². The van der Waals surface area contributed by atoms with E-state index in [1.807, 2.05) is 0 Å². The van der Waals surface area contributed by atoms with Crippen molar-refractivity contribution in [2.24, 2.45) is 0 Å². The van der Waals surface area contributed by atoms with Gasteiger partial charge in [-0.15, -0.1) is 0 Å². The fourth-order valence-corrected chi connectivity index (χ4v) is 2.09. The number of halogens is 3. The number of hydrogen-bond acceptors (Lipinski definition) is 5. The first-order chi connectivity index (χ1) is 10.8. The molecule has 2 aromatic rings. The topological polar surface area (TPSA) is 103 Å². The zero-order chi connectivity index (χ0) is 17.1.